The molecule has 6 heteroatoms. The van der Waals surface area contributed by atoms with Gasteiger partial charge in [-0.05, 0) is 19.8 Å². The number of aromatic nitrogens is 5. The summed E-state index contributed by atoms with van der Waals surface area (Å²) in [5.74, 6) is 0.863. The van der Waals surface area contributed by atoms with Gasteiger partial charge in [0.2, 0.25) is 0 Å². The molecule has 0 aromatic carbocycles. The number of rotatable bonds is 5. The molecular formula is C11H16N6. The van der Waals surface area contributed by atoms with Crippen LogP contribution in [0.25, 0.3) is 0 Å². The fourth-order valence-electron chi connectivity index (χ4n) is 1.93. The molecule has 0 radical (unpaired) electrons. The van der Waals surface area contributed by atoms with E-state index in [1.807, 2.05) is 12.5 Å². The van der Waals surface area contributed by atoms with Crippen molar-refractivity contribution in [2.24, 2.45) is 0 Å². The van der Waals surface area contributed by atoms with Crippen LogP contribution in [0.15, 0.2) is 18.9 Å². The average molecular weight is 232 g/mol. The normalized spacial score (nSPS) is 17.2. The van der Waals surface area contributed by atoms with E-state index in [2.05, 4.69) is 37.0 Å². The fraction of sp³-hybridized carbons (Fsp3) is 0.545. The summed E-state index contributed by atoms with van der Waals surface area (Å²) < 4.78 is 2.26. The first-order chi connectivity index (χ1) is 8.34. The second kappa shape index (κ2) is 4.29. The summed E-state index contributed by atoms with van der Waals surface area (Å²) in [4.78, 5) is 8.35. The molecule has 2 heterocycles. The van der Waals surface area contributed by atoms with Crippen molar-refractivity contribution in [3.8, 4) is 0 Å². The van der Waals surface area contributed by atoms with E-state index in [-0.39, 0.29) is 6.04 Å². The molecule has 1 aliphatic carbocycles. The van der Waals surface area contributed by atoms with Gasteiger partial charge in [-0.1, -0.05) is 0 Å². The first kappa shape index (κ1) is 10.5. The average Bonchev–Trinajstić information content (AvgIpc) is 2.87. The Hall–Kier alpha value is -1.69. The lowest BCUT2D eigenvalue weighted by molar-refractivity contribution is 0.526. The van der Waals surface area contributed by atoms with E-state index in [1.165, 1.54) is 24.9 Å². The van der Waals surface area contributed by atoms with Crippen LogP contribution >= 0.6 is 0 Å². The lowest BCUT2D eigenvalue weighted by atomic mass is 10.3. The lowest BCUT2D eigenvalue weighted by Gasteiger charge is -2.12. The number of H-pyrrole nitrogens is 1. The number of aromatic amines is 1. The van der Waals surface area contributed by atoms with Crippen molar-refractivity contribution >= 4 is 0 Å². The monoisotopic (exact) mass is 232 g/mol. The number of hydrogen-bond donors (Lipinski definition) is 2. The molecule has 0 saturated heterocycles. The Kier molecular flexibility index (Phi) is 2.64. The minimum Gasteiger partial charge on any atom is -0.330 e. The van der Waals surface area contributed by atoms with Crippen LogP contribution in [-0.4, -0.2) is 24.7 Å². The van der Waals surface area contributed by atoms with E-state index in [0.717, 1.165) is 12.4 Å². The van der Waals surface area contributed by atoms with Gasteiger partial charge in [0.15, 0.2) is 0 Å². The van der Waals surface area contributed by atoms with Gasteiger partial charge in [0.05, 0.1) is 18.1 Å². The molecule has 0 amide bonds. The highest BCUT2D eigenvalue weighted by atomic mass is 15.2. The number of hydrogen-bond acceptors (Lipinski definition) is 4. The van der Waals surface area contributed by atoms with Gasteiger partial charge in [-0.15, -0.1) is 0 Å². The molecule has 0 bridgehead atoms. The van der Waals surface area contributed by atoms with Crippen LogP contribution in [0.2, 0.25) is 0 Å². The zero-order valence-electron chi connectivity index (χ0n) is 9.80. The molecule has 1 fully saturated rings. The highest BCUT2D eigenvalue weighted by Crippen LogP contribution is 2.35. The van der Waals surface area contributed by atoms with Crippen molar-refractivity contribution in [3.05, 3.63) is 30.4 Å². The predicted molar refractivity (Wildman–Crippen MR) is 62.1 cm³/mol. The molecule has 1 saturated carbocycles. The molecule has 2 aromatic rings. The third kappa shape index (κ3) is 2.21. The Labute approximate surface area is 99.5 Å². The van der Waals surface area contributed by atoms with Crippen molar-refractivity contribution in [3.63, 3.8) is 0 Å². The highest BCUT2D eigenvalue weighted by Gasteiger charge is 2.25. The SMILES string of the molecule is CC(NCc1cncn1C1CC1)c1ncn[nH]1. The molecule has 1 aliphatic rings. The summed E-state index contributed by atoms with van der Waals surface area (Å²) in [5.41, 5.74) is 1.24. The third-order valence-corrected chi connectivity index (χ3v) is 3.12. The Balaban J connectivity index is 1.61. The van der Waals surface area contributed by atoms with E-state index < -0.39 is 0 Å². The van der Waals surface area contributed by atoms with E-state index in [4.69, 9.17) is 0 Å². The largest absolute Gasteiger partial charge is 0.330 e. The van der Waals surface area contributed by atoms with Crippen LogP contribution in [0.3, 0.4) is 0 Å². The smallest absolute Gasteiger partial charge is 0.141 e. The highest BCUT2D eigenvalue weighted by molar-refractivity contribution is 5.04. The maximum Gasteiger partial charge on any atom is 0.141 e. The zero-order chi connectivity index (χ0) is 11.7. The summed E-state index contributed by atoms with van der Waals surface area (Å²) in [6.45, 7) is 2.87. The van der Waals surface area contributed by atoms with Gasteiger partial charge in [-0.2, -0.15) is 5.10 Å². The molecule has 0 spiro atoms. The molecule has 17 heavy (non-hydrogen) atoms. The van der Waals surface area contributed by atoms with Crippen molar-refractivity contribution in [1.82, 2.24) is 30.0 Å². The molecular weight excluding hydrogens is 216 g/mol. The lowest BCUT2D eigenvalue weighted by Crippen LogP contribution is -2.20. The summed E-state index contributed by atoms with van der Waals surface area (Å²) >= 11 is 0. The van der Waals surface area contributed by atoms with Gasteiger partial charge < -0.3 is 9.88 Å². The maximum absolute atomic E-state index is 4.21. The standard InChI is InChI=1S/C11H16N6/c1-8(11-14-6-15-16-11)13-5-10-4-12-7-17(10)9-2-3-9/h4,6-9,13H,2-3,5H2,1H3,(H,14,15,16). The minimum absolute atomic E-state index is 0.167. The van der Waals surface area contributed by atoms with Gasteiger partial charge in [0, 0.05) is 18.8 Å². The molecule has 90 valence electrons. The third-order valence-electron chi connectivity index (χ3n) is 3.12. The summed E-state index contributed by atoms with van der Waals surface area (Å²) in [6, 6.07) is 0.843. The summed E-state index contributed by atoms with van der Waals surface area (Å²) in [7, 11) is 0. The molecule has 6 nitrogen and oxygen atoms in total. The van der Waals surface area contributed by atoms with E-state index in [9.17, 15) is 0 Å². The summed E-state index contributed by atoms with van der Waals surface area (Å²) in [5, 5.41) is 10.1. The van der Waals surface area contributed by atoms with Crippen LogP contribution in [0.5, 0.6) is 0 Å². The molecule has 0 aliphatic heterocycles. The van der Waals surface area contributed by atoms with Crippen molar-refractivity contribution in [2.75, 3.05) is 0 Å². The quantitative estimate of drug-likeness (QED) is 0.812. The molecule has 1 unspecified atom stereocenters. The van der Waals surface area contributed by atoms with Gasteiger partial charge in [0.25, 0.3) is 0 Å². The first-order valence-electron chi connectivity index (χ1n) is 5.94. The fourth-order valence-corrected chi connectivity index (χ4v) is 1.93. The summed E-state index contributed by atoms with van der Waals surface area (Å²) in [6.07, 6.45) is 7.94. The van der Waals surface area contributed by atoms with Crippen molar-refractivity contribution < 1.29 is 0 Å². The van der Waals surface area contributed by atoms with Crippen LogP contribution in [-0.2, 0) is 6.54 Å². The predicted octanol–water partition coefficient (Wildman–Crippen LogP) is 1.19. The molecule has 2 aromatic heterocycles. The Morgan fingerprint density at radius 1 is 1.59 bits per heavy atom. The van der Waals surface area contributed by atoms with E-state index >= 15 is 0 Å². The van der Waals surface area contributed by atoms with Crippen LogP contribution in [0, 0.1) is 0 Å². The van der Waals surface area contributed by atoms with Crippen LogP contribution < -0.4 is 5.32 Å². The van der Waals surface area contributed by atoms with Crippen LogP contribution in [0.4, 0.5) is 0 Å². The van der Waals surface area contributed by atoms with E-state index in [0.29, 0.717) is 6.04 Å². The van der Waals surface area contributed by atoms with Crippen LogP contribution in [0.1, 0.15) is 43.4 Å². The maximum atomic E-state index is 4.21. The van der Waals surface area contributed by atoms with Gasteiger partial charge in [0.1, 0.15) is 12.2 Å². The topological polar surface area (TPSA) is 71.4 Å². The number of imidazole rings is 1. The Bertz CT molecular complexity index is 470. The molecule has 2 N–H and O–H groups in total. The van der Waals surface area contributed by atoms with Gasteiger partial charge >= 0.3 is 0 Å². The zero-order valence-corrected chi connectivity index (χ0v) is 9.80. The van der Waals surface area contributed by atoms with E-state index in [1.54, 1.807) is 0 Å². The first-order valence-corrected chi connectivity index (χ1v) is 5.94. The second-order valence-electron chi connectivity index (χ2n) is 4.50. The number of nitrogens with zero attached hydrogens (tertiary/aromatic N) is 4. The second-order valence-corrected chi connectivity index (χ2v) is 4.50. The molecule has 1 atom stereocenters. The number of nitrogens with one attached hydrogen (secondary N) is 2. The molecule has 3 rings (SSSR count). The van der Waals surface area contributed by atoms with Crippen molar-refractivity contribution in [1.29, 1.82) is 0 Å². The Morgan fingerprint density at radius 3 is 3.18 bits per heavy atom. The van der Waals surface area contributed by atoms with Crippen molar-refractivity contribution in [2.45, 2.75) is 38.4 Å². The minimum atomic E-state index is 0.167. The van der Waals surface area contributed by atoms with Gasteiger partial charge in [-0.3, -0.25) is 5.10 Å². The Morgan fingerprint density at radius 2 is 2.47 bits per heavy atom. The van der Waals surface area contributed by atoms with Gasteiger partial charge in [-0.25, -0.2) is 9.97 Å².